The van der Waals surface area contributed by atoms with Crippen LogP contribution in [-0.2, 0) is 23.0 Å². The molecule has 1 aromatic heterocycles. The number of likely N-dealkylation sites (N-methyl/N-ethyl adjacent to an activating group) is 1. The molecule has 0 fully saturated rings. The Hall–Kier alpha value is -2.31. The molecule has 7 heteroatoms. The number of esters is 1. The molecule has 1 aliphatic rings. The zero-order valence-corrected chi connectivity index (χ0v) is 12.7. The average molecular weight is 291 g/mol. The molecule has 0 saturated heterocycles. The lowest BCUT2D eigenvalue weighted by atomic mass is 10.2. The molecule has 0 spiro atoms. The first kappa shape index (κ1) is 15.1. The minimum Gasteiger partial charge on any atom is -0.461 e. The van der Waals surface area contributed by atoms with Crippen LogP contribution in [0.4, 0.5) is 0 Å². The van der Waals surface area contributed by atoms with E-state index in [0.717, 1.165) is 5.69 Å². The molecule has 2 rings (SSSR count). The molecule has 21 heavy (non-hydrogen) atoms. The molecule has 0 aliphatic carbocycles. The highest BCUT2D eigenvalue weighted by molar-refractivity contribution is 5.97. The molecule has 7 nitrogen and oxygen atoms in total. The molecule has 1 aliphatic heterocycles. The number of aliphatic imine (C=N–C) groups is 1. The molecule has 0 saturated carbocycles. The van der Waals surface area contributed by atoms with Gasteiger partial charge >= 0.3 is 5.97 Å². The summed E-state index contributed by atoms with van der Waals surface area (Å²) in [6.07, 6.45) is 4.10. The number of ether oxygens (including phenoxy) is 1. The summed E-state index contributed by atoms with van der Waals surface area (Å²) >= 11 is 0. The van der Waals surface area contributed by atoms with Gasteiger partial charge in [-0.15, -0.1) is 0 Å². The highest BCUT2D eigenvalue weighted by Gasteiger charge is 2.21. The van der Waals surface area contributed by atoms with Gasteiger partial charge in [-0.2, -0.15) is 0 Å². The van der Waals surface area contributed by atoms with Gasteiger partial charge in [-0.25, -0.2) is 14.8 Å². The maximum Gasteiger partial charge on any atom is 0.354 e. The molecule has 2 heterocycles. The van der Waals surface area contributed by atoms with Crippen molar-refractivity contribution < 1.29 is 9.53 Å². The minimum atomic E-state index is -0.335. The van der Waals surface area contributed by atoms with Gasteiger partial charge in [0.25, 0.3) is 0 Å². The van der Waals surface area contributed by atoms with E-state index in [1.54, 1.807) is 13.3 Å². The van der Waals surface area contributed by atoms with Gasteiger partial charge in [-0.3, -0.25) is 0 Å². The van der Waals surface area contributed by atoms with E-state index in [2.05, 4.69) is 9.98 Å². The number of fused-ring (bicyclic) bond motifs is 1. The van der Waals surface area contributed by atoms with Crippen molar-refractivity contribution in [3.05, 3.63) is 29.5 Å². The Morgan fingerprint density at radius 1 is 1.48 bits per heavy atom. The number of aromatic nitrogens is 2. The van der Waals surface area contributed by atoms with Gasteiger partial charge in [0, 0.05) is 20.0 Å². The lowest BCUT2D eigenvalue weighted by Crippen LogP contribution is -2.30. The Morgan fingerprint density at radius 3 is 2.90 bits per heavy atom. The number of hydrogen-bond acceptors (Lipinski definition) is 6. The minimum absolute atomic E-state index is 0.309. The van der Waals surface area contributed by atoms with E-state index < -0.39 is 0 Å². The van der Waals surface area contributed by atoms with Crippen LogP contribution in [0.5, 0.6) is 0 Å². The maximum absolute atomic E-state index is 12.1. The summed E-state index contributed by atoms with van der Waals surface area (Å²) in [6, 6.07) is 0. The van der Waals surface area contributed by atoms with Gasteiger partial charge in [-0.1, -0.05) is 0 Å². The number of amidine groups is 1. The second-order valence-electron chi connectivity index (χ2n) is 4.71. The number of aryl methyl sites for hydroxylation is 1. The van der Waals surface area contributed by atoms with Crippen LogP contribution < -0.4 is 5.73 Å². The van der Waals surface area contributed by atoms with Gasteiger partial charge in [-0.05, 0) is 19.9 Å². The second kappa shape index (κ2) is 6.43. The summed E-state index contributed by atoms with van der Waals surface area (Å²) in [5, 5.41) is 0. The van der Waals surface area contributed by atoms with Crippen molar-refractivity contribution in [2.45, 2.75) is 20.3 Å². The second-order valence-corrected chi connectivity index (χ2v) is 4.71. The monoisotopic (exact) mass is 291 g/mol. The summed E-state index contributed by atoms with van der Waals surface area (Å²) in [5.74, 6) is 0.0568. The molecule has 2 N–H and O–H groups in total. The van der Waals surface area contributed by atoms with Crippen LogP contribution in [-0.4, -0.2) is 46.1 Å². The fraction of sp³-hybridized carbons (Fsp3) is 0.500. The molecule has 0 radical (unpaired) electrons. The first-order chi connectivity index (χ1) is 10.1. The summed E-state index contributed by atoms with van der Waals surface area (Å²) in [4.78, 5) is 22.6. The van der Waals surface area contributed by atoms with Crippen molar-refractivity contribution in [2.75, 3.05) is 19.8 Å². The van der Waals surface area contributed by atoms with Crippen molar-refractivity contribution in [1.29, 1.82) is 0 Å². The third-order valence-electron chi connectivity index (χ3n) is 3.41. The molecule has 0 aromatic carbocycles. The molecule has 0 amide bonds. The Kier molecular flexibility index (Phi) is 4.62. The van der Waals surface area contributed by atoms with Gasteiger partial charge in [0.2, 0.25) is 0 Å². The molecule has 114 valence electrons. The number of carbonyl (C=O) groups excluding carboxylic acids is 1. The van der Waals surface area contributed by atoms with Crippen molar-refractivity contribution in [2.24, 2.45) is 17.8 Å². The topological polar surface area (TPSA) is 85.7 Å². The maximum atomic E-state index is 12.1. The first-order valence-corrected chi connectivity index (χ1v) is 7.01. The Bertz CT molecular complexity index is 588. The smallest absolute Gasteiger partial charge is 0.354 e. The number of allylic oxidation sites excluding steroid dienone is 1. The van der Waals surface area contributed by atoms with Crippen molar-refractivity contribution >= 4 is 11.8 Å². The van der Waals surface area contributed by atoms with Crippen molar-refractivity contribution in [3.8, 4) is 0 Å². The third kappa shape index (κ3) is 3.07. The fourth-order valence-corrected chi connectivity index (χ4v) is 2.23. The summed E-state index contributed by atoms with van der Waals surface area (Å²) in [5.41, 5.74) is 8.13. The molecular formula is C14H21N5O2. The van der Waals surface area contributed by atoms with E-state index in [-0.39, 0.29) is 5.97 Å². The van der Waals surface area contributed by atoms with Gasteiger partial charge in [0.1, 0.15) is 23.9 Å². The molecular weight excluding hydrogens is 270 g/mol. The van der Waals surface area contributed by atoms with E-state index in [1.165, 1.54) is 0 Å². The van der Waals surface area contributed by atoms with Crippen LogP contribution in [0.2, 0.25) is 0 Å². The quantitative estimate of drug-likeness (QED) is 0.815. The number of imidazole rings is 1. The van der Waals surface area contributed by atoms with E-state index in [4.69, 9.17) is 10.5 Å². The molecule has 0 unspecified atom stereocenters. The number of hydrogen-bond donors (Lipinski definition) is 1. The van der Waals surface area contributed by atoms with Crippen molar-refractivity contribution in [3.63, 3.8) is 0 Å². The number of carbonyl (C=O) groups is 1. The highest BCUT2D eigenvalue weighted by Crippen LogP contribution is 2.15. The summed E-state index contributed by atoms with van der Waals surface area (Å²) < 4.78 is 7.01. The van der Waals surface area contributed by atoms with Gasteiger partial charge in [0.05, 0.1) is 18.6 Å². The fourth-order valence-electron chi connectivity index (χ4n) is 2.23. The average Bonchev–Trinajstić information content (AvgIpc) is 2.85. The normalized spacial score (nSPS) is 15.3. The Morgan fingerprint density at radius 2 is 2.24 bits per heavy atom. The predicted molar refractivity (Wildman–Crippen MR) is 79.6 cm³/mol. The van der Waals surface area contributed by atoms with E-state index in [9.17, 15) is 4.79 Å². The number of rotatable bonds is 3. The molecule has 1 aromatic rings. The van der Waals surface area contributed by atoms with E-state index in [1.807, 2.05) is 29.5 Å². The Balaban J connectivity index is 2.43. The lowest BCUT2D eigenvalue weighted by molar-refractivity contribution is -0.140. The predicted octanol–water partition coefficient (Wildman–Crippen LogP) is 0.408. The highest BCUT2D eigenvalue weighted by atomic mass is 16.5. The number of nitrogens with two attached hydrogens (primary N) is 1. The van der Waals surface area contributed by atoms with Crippen molar-refractivity contribution in [1.82, 2.24) is 14.5 Å². The van der Waals surface area contributed by atoms with Gasteiger partial charge in [0.15, 0.2) is 0 Å². The zero-order chi connectivity index (χ0) is 15.4. The Labute approximate surface area is 124 Å². The van der Waals surface area contributed by atoms with Crippen LogP contribution in [0.1, 0.15) is 25.2 Å². The SMILES string of the molecule is CCOC(=O)C1=CCc2c(ncn2C)C(N)=NCN1CC. The lowest BCUT2D eigenvalue weighted by Gasteiger charge is -2.22. The van der Waals surface area contributed by atoms with E-state index >= 15 is 0 Å². The first-order valence-electron chi connectivity index (χ1n) is 7.01. The molecule has 0 atom stereocenters. The van der Waals surface area contributed by atoms with Crippen LogP contribution in [0.15, 0.2) is 23.1 Å². The van der Waals surface area contributed by atoms with Crippen LogP contribution in [0, 0.1) is 0 Å². The largest absolute Gasteiger partial charge is 0.461 e. The standard InChI is InChI=1S/C14H21N5O2/c1-4-19-9-17-13(15)12-10(18(3)8-16-12)6-7-11(19)14(20)21-5-2/h7-8H,4-6,9H2,1-3H3,(H2,15,17). The van der Waals surface area contributed by atoms with Crippen LogP contribution >= 0.6 is 0 Å². The molecule has 0 bridgehead atoms. The van der Waals surface area contributed by atoms with Gasteiger partial charge < -0.3 is 19.9 Å². The summed E-state index contributed by atoms with van der Waals surface area (Å²) in [6.45, 7) is 5.05. The third-order valence-corrected chi connectivity index (χ3v) is 3.41. The zero-order valence-electron chi connectivity index (χ0n) is 12.7. The van der Waals surface area contributed by atoms with Crippen LogP contribution in [0.3, 0.4) is 0 Å². The van der Waals surface area contributed by atoms with E-state index in [0.29, 0.717) is 43.5 Å². The number of nitrogens with zero attached hydrogens (tertiary/aromatic N) is 4. The summed E-state index contributed by atoms with van der Waals surface area (Å²) in [7, 11) is 1.90. The van der Waals surface area contributed by atoms with Crippen LogP contribution in [0.25, 0.3) is 0 Å².